The lowest BCUT2D eigenvalue weighted by atomic mass is 10.1. The van der Waals surface area contributed by atoms with Crippen LogP contribution in [0.25, 0.3) is 0 Å². The van der Waals surface area contributed by atoms with Gasteiger partial charge in [0, 0.05) is 0 Å². The predicted octanol–water partition coefficient (Wildman–Crippen LogP) is 11.7. The molecule has 0 saturated carbocycles. The van der Waals surface area contributed by atoms with E-state index >= 15 is 0 Å². The summed E-state index contributed by atoms with van der Waals surface area (Å²) in [5, 5.41) is 0. The molecule has 0 aliphatic carbocycles. The van der Waals surface area contributed by atoms with E-state index in [0.717, 1.165) is 19.3 Å². The van der Waals surface area contributed by atoms with Gasteiger partial charge in [-0.05, 0) is 78.4 Å². The SMILES string of the molecule is C.C.C.C.C.C.CCCCCCCCCC(C(=O)OC)[Si](C)(O[Si](C)(C)O[Si](C)(C)C)O[Si](C)(C)O[Si](C)(C)C. The van der Waals surface area contributed by atoms with E-state index < -0.39 is 47.9 Å². The van der Waals surface area contributed by atoms with Gasteiger partial charge in [-0.1, -0.05) is 96.4 Å². The highest BCUT2D eigenvalue weighted by Crippen LogP contribution is 2.37. The van der Waals surface area contributed by atoms with Gasteiger partial charge in [-0.3, -0.25) is 4.79 Å². The molecular weight excluding hydrogens is 585 g/mol. The Kier molecular flexibility index (Phi) is 33.5. The Morgan fingerprint density at radius 2 is 0.875 bits per heavy atom. The van der Waals surface area contributed by atoms with Crippen LogP contribution >= 0.6 is 0 Å². The first kappa shape index (κ1) is 56.2. The highest BCUT2D eigenvalue weighted by atomic mass is 28.5. The molecule has 0 heterocycles. The topological polar surface area (TPSA) is 63.2 Å². The summed E-state index contributed by atoms with van der Waals surface area (Å²) in [7, 11) is -10.4. The third kappa shape index (κ3) is 26.1. The van der Waals surface area contributed by atoms with Crippen LogP contribution in [0.2, 0.25) is 77.6 Å². The molecule has 252 valence electrons. The highest BCUT2D eigenvalue weighted by molar-refractivity contribution is 6.91. The fourth-order valence-electron chi connectivity index (χ4n) is 4.70. The van der Waals surface area contributed by atoms with Gasteiger partial charge < -0.3 is 21.2 Å². The van der Waals surface area contributed by atoms with Crippen molar-refractivity contribution >= 4 is 48.3 Å². The molecular formula is C29H80O6Si5. The average Bonchev–Trinajstić information content (AvgIpc) is 2.57. The maximum absolute atomic E-state index is 13.1. The molecule has 0 spiro atoms. The van der Waals surface area contributed by atoms with Gasteiger partial charge in [0.2, 0.25) is 0 Å². The van der Waals surface area contributed by atoms with E-state index in [0.29, 0.717) is 0 Å². The molecule has 0 aromatic rings. The molecule has 40 heavy (non-hydrogen) atoms. The second kappa shape index (κ2) is 23.8. The predicted molar refractivity (Wildman–Crippen MR) is 196 cm³/mol. The number of hydrogen-bond donors (Lipinski definition) is 0. The number of esters is 1. The lowest BCUT2D eigenvalue weighted by molar-refractivity contribution is -0.141. The minimum absolute atomic E-state index is 0. The van der Waals surface area contributed by atoms with Gasteiger partial charge in [-0.25, -0.2) is 0 Å². The van der Waals surface area contributed by atoms with Crippen molar-refractivity contribution in [1.29, 1.82) is 0 Å². The minimum atomic E-state index is -3.07. The summed E-state index contributed by atoms with van der Waals surface area (Å²) in [4.78, 5) is 13.1. The van der Waals surface area contributed by atoms with Gasteiger partial charge >= 0.3 is 31.7 Å². The number of carbonyl (C=O) groups is 1. The summed E-state index contributed by atoms with van der Waals surface area (Å²) >= 11 is 0. The van der Waals surface area contributed by atoms with E-state index in [4.69, 9.17) is 21.2 Å². The maximum Gasteiger partial charge on any atom is 0.331 e. The van der Waals surface area contributed by atoms with E-state index in [9.17, 15) is 4.79 Å². The standard InChI is InChI=1S/C23H56O6Si5.6CH4/c1-14-15-16-17-18-19-20-21-22(23(24)25-2)34(13,28-32(9,10)26-30(3,4)5)29-33(11,12)27-31(6,7)8;;;;;;/h22H,14-21H2,1-13H3;6*1H4. The molecule has 1 atom stereocenters. The molecule has 6 nitrogen and oxygen atoms in total. The zero-order valence-electron chi connectivity index (χ0n) is 24.7. The van der Waals surface area contributed by atoms with E-state index in [1.807, 2.05) is 6.55 Å². The van der Waals surface area contributed by atoms with E-state index in [1.165, 1.54) is 39.2 Å². The van der Waals surface area contributed by atoms with Crippen molar-refractivity contribution in [3.8, 4) is 0 Å². The van der Waals surface area contributed by atoms with Crippen LogP contribution in [0.3, 0.4) is 0 Å². The van der Waals surface area contributed by atoms with Crippen molar-refractivity contribution < 1.29 is 26.0 Å². The summed E-state index contributed by atoms with van der Waals surface area (Å²) in [5.74, 6) is -0.226. The Morgan fingerprint density at radius 3 is 1.18 bits per heavy atom. The first-order valence-corrected chi connectivity index (χ1v) is 28.0. The van der Waals surface area contributed by atoms with E-state index in [-0.39, 0.29) is 50.5 Å². The van der Waals surface area contributed by atoms with Gasteiger partial charge in [-0.2, -0.15) is 0 Å². The van der Waals surface area contributed by atoms with Crippen molar-refractivity contribution in [3.63, 3.8) is 0 Å². The van der Waals surface area contributed by atoms with Crippen LogP contribution in [0.1, 0.15) is 103 Å². The number of ether oxygens (including phenoxy) is 1. The molecule has 11 heteroatoms. The molecule has 0 amide bonds. The van der Waals surface area contributed by atoms with Crippen molar-refractivity contribution in [1.82, 2.24) is 0 Å². The molecule has 0 aliphatic rings. The van der Waals surface area contributed by atoms with Crippen LogP contribution in [0.5, 0.6) is 0 Å². The lowest BCUT2D eigenvalue weighted by Gasteiger charge is -2.45. The number of methoxy groups -OCH3 is 1. The van der Waals surface area contributed by atoms with Crippen molar-refractivity contribution in [3.05, 3.63) is 0 Å². The first-order valence-electron chi connectivity index (χ1n) is 13.1. The summed E-state index contributed by atoms with van der Waals surface area (Å²) in [6.45, 7) is 25.6. The van der Waals surface area contributed by atoms with E-state index in [1.54, 1.807) is 0 Å². The van der Waals surface area contributed by atoms with Crippen molar-refractivity contribution in [2.45, 2.75) is 180 Å². The lowest BCUT2D eigenvalue weighted by Crippen LogP contribution is -2.62. The smallest absolute Gasteiger partial charge is 0.331 e. The minimum Gasteiger partial charge on any atom is -0.469 e. The number of carbonyl (C=O) groups excluding carboxylic acids is 1. The summed E-state index contributed by atoms with van der Waals surface area (Å²) in [5.41, 5.74) is -0.401. The van der Waals surface area contributed by atoms with Crippen LogP contribution in [0.15, 0.2) is 0 Å². The van der Waals surface area contributed by atoms with Crippen LogP contribution in [0.4, 0.5) is 0 Å². The van der Waals surface area contributed by atoms with Gasteiger partial charge in [0.25, 0.3) is 0 Å². The van der Waals surface area contributed by atoms with Gasteiger partial charge in [0.1, 0.15) is 0 Å². The molecule has 0 fully saturated rings. The molecule has 0 aliphatic heterocycles. The summed E-state index contributed by atoms with van der Waals surface area (Å²) in [6, 6.07) is 0. The Balaban J connectivity index is -0.000000363. The Labute approximate surface area is 261 Å². The Morgan fingerprint density at radius 1 is 0.550 bits per heavy atom. The molecule has 1 unspecified atom stereocenters. The normalized spacial score (nSPS) is 12.6. The molecule has 0 aromatic carbocycles. The van der Waals surface area contributed by atoms with Gasteiger partial charge in [-0.15, -0.1) is 0 Å². The van der Waals surface area contributed by atoms with Crippen LogP contribution in [-0.2, 0) is 26.0 Å². The van der Waals surface area contributed by atoms with Crippen LogP contribution in [0, 0.1) is 0 Å². The molecule has 0 aromatic heterocycles. The van der Waals surface area contributed by atoms with Crippen molar-refractivity contribution in [2.75, 3.05) is 7.11 Å². The first-order chi connectivity index (χ1) is 15.3. The number of unbranched alkanes of at least 4 members (excludes halogenated alkanes) is 6. The van der Waals surface area contributed by atoms with Gasteiger partial charge in [0.05, 0.1) is 12.7 Å². The third-order valence-corrected chi connectivity index (χ3v) is 23.0. The zero-order valence-corrected chi connectivity index (χ0v) is 29.7. The fraction of sp³-hybridized carbons (Fsp3) is 0.966. The monoisotopic (exact) mass is 664 g/mol. The third-order valence-electron chi connectivity index (χ3n) is 5.22. The maximum atomic E-state index is 13.1. The largest absolute Gasteiger partial charge is 0.469 e. The highest BCUT2D eigenvalue weighted by Gasteiger charge is 2.54. The van der Waals surface area contributed by atoms with Crippen molar-refractivity contribution in [2.24, 2.45) is 0 Å². The molecule has 0 N–H and O–H groups in total. The quantitative estimate of drug-likeness (QED) is 0.0825. The Bertz CT molecular complexity index is 575. The number of hydrogen-bond acceptors (Lipinski definition) is 6. The summed E-state index contributed by atoms with van der Waals surface area (Å²) < 4.78 is 32.1. The molecule has 0 saturated heterocycles. The second-order valence-corrected chi connectivity index (χ2v) is 32.5. The summed E-state index contributed by atoms with van der Waals surface area (Å²) in [6.07, 6.45) is 9.09. The van der Waals surface area contributed by atoms with Crippen LogP contribution < -0.4 is 0 Å². The van der Waals surface area contributed by atoms with Gasteiger partial charge in [0.15, 0.2) is 16.6 Å². The second-order valence-electron chi connectivity index (χ2n) is 12.4. The molecule has 0 rings (SSSR count). The molecule has 0 radical (unpaired) electrons. The fourth-order valence-corrected chi connectivity index (χ4v) is 28.3. The average molecular weight is 665 g/mol. The van der Waals surface area contributed by atoms with Crippen LogP contribution in [-0.4, -0.2) is 55.4 Å². The van der Waals surface area contributed by atoms with E-state index in [2.05, 4.69) is 72.4 Å². The number of rotatable bonds is 18. The Hall–Kier alpha value is 0.394. The molecule has 0 bridgehead atoms. The zero-order chi connectivity index (χ0) is 26.8.